The summed E-state index contributed by atoms with van der Waals surface area (Å²) in [4.78, 5) is 10.9. The minimum atomic E-state index is -0.989. The van der Waals surface area contributed by atoms with Crippen LogP contribution in [0.25, 0.3) is 0 Å². The van der Waals surface area contributed by atoms with Crippen LogP contribution >= 0.6 is 0 Å². The summed E-state index contributed by atoms with van der Waals surface area (Å²) < 4.78 is 23.9. The van der Waals surface area contributed by atoms with Crippen molar-refractivity contribution in [2.75, 3.05) is 7.11 Å². The monoisotopic (exact) mass is 344 g/mol. The third-order valence-corrected chi connectivity index (χ3v) is 3.22. The lowest BCUT2D eigenvalue weighted by Gasteiger charge is -2.14. The average molecular weight is 344 g/mol. The molecule has 0 saturated carbocycles. The van der Waals surface area contributed by atoms with Gasteiger partial charge in [0.25, 0.3) is 0 Å². The Morgan fingerprint density at radius 1 is 1.24 bits per heavy atom. The molecule has 1 atom stereocenters. The Morgan fingerprint density at radius 3 is 2.52 bits per heavy atom. The minimum absolute atomic E-state index is 0.340. The van der Waals surface area contributed by atoms with Gasteiger partial charge in [0, 0.05) is 11.6 Å². The van der Waals surface area contributed by atoms with Crippen molar-refractivity contribution in [1.82, 2.24) is 5.06 Å². The molecule has 0 bridgehead atoms. The van der Waals surface area contributed by atoms with Crippen LogP contribution in [0.2, 0.25) is 0 Å². The first-order valence-corrected chi connectivity index (χ1v) is 7.31. The van der Waals surface area contributed by atoms with Gasteiger partial charge in [-0.05, 0) is 43.3 Å². The quantitative estimate of drug-likeness (QED) is 0.507. The fourth-order valence-electron chi connectivity index (χ4n) is 1.90. The van der Waals surface area contributed by atoms with Gasteiger partial charge in [-0.15, -0.1) is 0 Å². The Bertz CT molecular complexity index is 812. The smallest absolute Gasteiger partial charge is 0.339 e. The van der Waals surface area contributed by atoms with Crippen molar-refractivity contribution in [3.8, 4) is 29.1 Å². The molecule has 2 aromatic rings. The van der Waals surface area contributed by atoms with Crippen molar-refractivity contribution < 1.29 is 23.9 Å². The van der Waals surface area contributed by atoms with Gasteiger partial charge in [0.05, 0.1) is 7.11 Å². The molecule has 0 fully saturated rings. The van der Waals surface area contributed by atoms with Crippen LogP contribution in [0, 0.1) is 17.7 Å². The molecule has 3 N–H and O–H groups in total. The van der Waals surface area contributed by atoms with Gasteiger partial charge in [0.1, 0.15) is 17.6 Å². The van der Waals surface area contributed by atoms with E-state index in [-0.39, 0.29) is 5.82 Å². The lowest BCUT2D eigenvalue weighted by molar-refractivity contribution is -0.0536. The van der Waals surface area contributed by atoms with Crippen LogP contribution in [0.5, 0.6) is 17.2 Å². The van der Waals surface area contributed by atoms with Crippen molar-refractivity contribution in [3.63, 3.8) is 0 Å². The largest absolute Gasteiger partial charge is 0.493 e. The Labute approximate surface area is 144 Å². The second-order valence-corrected chi connectivity index (χ2v) is 5.05. The molecule has 0 radical (unpaired) electrons. The van der Waals surface area contributed by atoms with E-state index >= 15 is 0 Å². The Balaban J connectivity index is 2.25. The van der Waals surface area contributed by atoms with Gasteiger partial charge in [-0.25, -0.2) is 9.18 Å². The molecular formula is C18H17FN2O4. The molecule has 0 aliphatic rings. The molecule has 2 aromatic carbocycles. The number of hydrogen-bond acceptors (Lipinski definition) is 4. The number of amides is 2. The van der Waals surface area contributed by atoms with Crippen molar-refractivity contribution in [2.24, 2.45) is 5.73 Å². The molecular weight excluding hydrogens is 327 g/mol. The molecule has 0 aromatic heterocycles. The van der Waals surface area contributed by atoms with Crippen LogP contribution in [0.3, 0.4) is 0 Å². The molecule has 0 saturated heterocycles. The molecule has 25 heavy (non-hydrogen) atoms. The summed E-state index contributed by atoms with van der Waals surface area (Å²) in [7, 11) is 1.50. The summed E-state index contributed by atoms with van der Waals surface area (Å²) >= 11 is 0. The van der Waals surface area contributed by atoms with Gasteiger partial charge >= 0.3 is 6.03 Å². The van der Waals surface area contributed by atoms with Gasteiger partial charge in [0.2, 0.25) is 0 Å². The lowest BCUT2D eigenvalue weighted by Crippen LogP contribution is -2.38. The van der Waals surface area contributed by atoms with E-state index in [4.69, 9.17) is 15.2 Å². The number of hydroxylamine groups is 2. The summed E-state index contributed by atoms with van der Waals surface area (Å²) in [5, 5.41) is 9.75. The molecule has 6 nitrogen and oxygen atoms in total. The first-order valence-electron chi connectivity index (χ1n) is 7.31. The molecule has 0 heterocycles. The summed E-state index contributed by atoms with van der Waals surface area (Å²) in [5.74, 6) is 6.45. The maximum Gasteiger partial charge on any atom is 0.339 e. The Morgan fingerprint density at radius 2 is 1.92 bits per heavy atom. The van der Waals surface area contributed by atoms with E-state index < -0.39 is 12.1 Å². The highest BCUT2D eigenvalue weighted by Crippen LogP contribution is 2.32. The summed E-state index contributed by atoms with van der Waals surface area (Å²) in [6.45, 7) is 1.53. The number of ether oxygens (including phenoxy) is 2. The molecule has 2 rings (SSSR count). The minimum Gasteiger partial charge on any atom is -0.493 e. The normalized spacial score (nSPS) is 11.0. The van der Waals surface area contributed by atoms with E-state index in [9.17, 15) is 14.4 Å². The molecule has 0 aliphatic carbocycles. The molecule has 7 heteroatoms. The first kappa shape index (κ1) is 18.1. The standard InChI is InChI=1S/C18H17FN2O4/c1-12(21(23)18(20)22)3-4-13-5-10-16(24-2)17(11-13)25-15-8-6-14(19)7-9-15/h5-12,23H,1-2H3,(H2,20,22). The van der Waals surface area contributed by atoms with Crippen molar-refractivity contribution in [3.05, 3.63) is 53.8 Å². The van der Waals surface area contributed by atoms with Crippen LogP contribution < -0.4 is 15.2 Å². The second kappa shape index (κ2) is 8.04. The highest BCUT2D eigenvalue weighted by Gasteiger charge is 2.12. The van der Waals surface area contributed by atoms with E-state index in [1.807, 2.05) is 0 Å². The summed E-state index contributed by atoms with van der Waals surface area (Å²) in [5.41, 5.74) is 5.54. The number of benzene rings is 2. The fourth-order valence-corrected chi connectivity index (χ4v) is 1.90. The Hall–Kier alpha value is -3.24. The number of methoxy groups -OCH3 is 1. The van der Waals surface area contributed by atoms with Gasteiger partial charge in [-0.2, -0.15) is 5.06 Å². The predicted octanol–water partition coefficient (Wildman–Crippen LogP) is 3.14. The number of nitrogens with two attached hydrogens (primary N) is 1. The van der Waals surface area contributed by atoms with Gasteiger partial charge in [-0.1, -0.05) is 11.8 Å². The van der Waals surface area contributed by atoms with Crippen molar-refractivity contribution >= 4 is 6.03 Å². The molecule has 1 unspecified atom stereocenters. The Kier molecular flexibility index (Phi) is 5.82. The zero-order valence-corrected chi connectivity index (χ0v) is 13.7. The average Bonchev–Trinajstić information content (AvgIpc) is 2.61. The zero-order valence-electron chi connectivity index (χ0n) is 13.7. The number of carbonyl (C=O) groups excluding carboxylic acids is 1. The number of rotatable bonds is 4. The number of urea groups is 1. The first-order chi connectivity index (χ1) is 11.9. The van der Waals surface area contributed by atoms with E-state index in [1.165, 1.54) is 38.3 Å². The highest BCUT2D eigenvalue weighted by atomic mass is 19.1. The summed E-state index contributed by atoms with van der Waals surface area (Å²) in [6.07, 6.45) is 0. The van der Waals surface area contributed by atoms with E-state index in [0.29, 0.717) is 27.9 Å². The molecule has 0 spiro atoms. The number of hydrogen-bond donors (Lipinski definition) is 2. The molecule has 0 aliphatic heterocycles. The predicted molar refractivity (Wildman–Crippen MR) is 89.0 cm³/mol. The van der Waals surface area contributed by atoms with E-state index in [1.54, 1.807) is 18.2 Å². The van der Waals surface area contributed by atoms with E-state index in [0.717, 1.165) is 0 Å². The SMILES string of the molecule is COc1ccc(C#CC(C)N(O)C(N)=O)cc1Oc1ccc(F)cc1. The maximum atomic E-state index is 13.0. The number of halogens is 1. The summed E-state index contributed by atoms with van der Waals surface area (Å²) in [6, 6.07) is 8.78. The third-order valence-electron chi connectivity index (χ3n) is 3.22. The van der Waals surface area contributed by atoms with Crippen LogP contribution in [0.15, 0.2) is 42.5 Å². The topological polar surface area (TPSA) is 85.0 Å². The zero-order chi connectivity index (χ0) is 18.4. The fraction of sp³-hybridized carbons (Fsp3) is 0.167. The van der Waals surface area contributed by atoms with Crippen LogP contribution in [-0.4, -0.2) is 29.5 Å². The lowest BCUT2D eigenvalue weighted by atomic mass is 10.2. The molecule has 2 amide bonds. The second-order valence-electron chi connectivity index (χ2n) is 5.05. The van der Waals surface area contributed by atoms with E-state index in [2.05, 4.69) is 11.8 Å². The maximum absolute atomic E-state index is 13.0. The third kappa shape index (κ3) is 4.86. The van der Waals surface area contributed by atoms with Gasteiger partial charge in [0.15, 0.2) is 11.5 Å². The molecule has 130 valence electrons. The van der Waals surface area contributed by atoms with Crippen molar-refractivity contribution in [1.29, 1.82) is 0 Å². The van der Waals surface area contributed by atoms with Crippen LogP contribution in [-0.2, 0) is 0 Å². The number of carbonyl (C=O) groups is 1. The van der Waals surface area contributed by atoms with Crippen LogP contribution in [0.1, 0.15) is 12.5 Å². The van der Waals surface area contributed by atoms with Crippen molar-refractivity contribution in [2.45, 2.75) is 13.0 Å². The number of nitrogens with zero attached hydrogens (tertiary/aromatic N) is 1. The van der Waals surface area contributed by atoms with Gasteiger partial charge in [-0.3, -0.25) is 5.21 Å². The van der Waals surface area contributed by atoms with Crippen LogP contribution in [0.4, 0.5) is 9.18 Å². The number of primary amides is 1. The highest BCUT2D eigenvalue weighted by molar-refractivity contribution is 5.71. The van der Waals surface area contributed by atoms with Gasteiger partial charge < -0.3 is 15.2 Å².